The first-order valence-corrected chi connectivity index (χ1v) is 3.83. The van der Waals surface area contributed by atoms with Crippen molar-refractivity contribution in [2.75, 3.05) is 13.7 Å². The third kappa shape index (κ3) is 1.84. The highest BCUT2D eigenvalue weighted by molar-refractivity contribution is 5.07. The molecule has 68 valence electrons. The fourth-order valence-corrected chi connectivity index (χ4v) is 0.907. The molecule has 1 atom stereocenters. The van der Waals surface area contributed by atoms with Gasteiger partial charge in [0, 0.05) is 7.11 Å². The number of oxazole rings is 1. The molecule has 1 heterocycles. The average Bonchev–Trinajstić information content (AvgIpc) is 2.33. The van der Waals surface area contributed by atoms with Gasteiger partial charge in [-0.3, -0.25) is 0 Å². The molecule has 0 spiro atoms. The summed E-state index contributed by atoms with van der Waals surface area (Å²) in [6, 6.07) is -0.262. The third-order valence-electron chi connectivity index (χ3n) is 1.71. The molecule has 0 fully saturated rings. The van der Waals surface area contributed by atoms with Gasteiger partial charge in [-0.05, 0) is 13.8 Å². The second kappa shape index (κ2) is 3.69. The zero-order valence-electron chi connectivity index (χ0n) is 7.63. The third-order valence-corrected chi connectivity index (χ3v) is 1.71. The Morgan fingerprint density at radius 2 is 2.25 bits per heavy atom. The zero-order valence-corrected chi connectivity index (χ0v) is 7.63. The van der Waals surface area contributed by atoms with Crippen molar-refractivity contribution >= 4 is 0 Å². The van der Waals surface area contributed by atoms with E-state index in [1.165, 1.54) is 0 Å². The van der Waals surface area contributed by atoms with Crippen molar-refractivity contribution < 1.29 is 9.15 Å². The van der Waals surface area contributed by atoms with E-state index in [4.69, 9.17) is 14.9 Å². The van der Waals surface area contributed by atoms with Crippen molar-refractivity contribution in [3.63, 3.8) is 0 Å². The molecular formula is C8H14N2O2. The standard InChI is InChI=1S/C8H14N2O2/c1-5-6(2)12-8(10-5)7(9)4-11-3/h7H,4,9H2,1-3H3. The highest BCUT2D eigenvalue weighted by Gasteiger charge is 2.13. The van der Waals surface area contributed by atoms with E-state index in [2.05, 4.69) is 4.98 Å². The summed E-state index contributed by atoms with van der Waals surface area (Å²) < 4.78 is 10.2. The molecule has 0 aliphatic heterocycles. The summed E-state index contributed by atoms with van der Waals surface area (Å²) >= 11 is 0. The Labute approximate surface area is 71.7 Å². The molecular weight excluding hydrogens is 156 g/mol. The number of ether oxygens (including phenoxy) is 1. The van der Waals surface area contributed by atoms with Gasteiger partial charge in [-0.1, -0.05) is 0 Å². The molecule has 0 aliphatic rings. The van der Waals surface area contributed by atoms with E-state index in [9.17, 15) is 0 Å². The van der Waals surface area contributed by atoms with E-state index in [1.54, 1.807) is 7.11 Å². The summed E-state index contributed by atoms with van der Waals surface area (Å²) in [6.07, 6.45) is 0. The first-order chi connectivity index (χ1) is 5.65. The van der Waals surface area contributed by atoms with Crippen molar-refractivity contribution in [2.45, 2.75) is 19.9 Å². The van der Waals surface area contributed by atoms with E-state index < -0.39 is 0 Å². The summed E-state index contributed by atoms with van der Waals surface area (Å²) in [7, 11) is 1.60. The van der Waals surface area contributed by atoms with Gasteiger partial charge in [0.25, 0.3) is 0 Å². The fraction of sp³-hybridized carbons (Fsp3) is 0.625. The Bertz CT molecular complexity index is 238. The van der Waals surface area contributed by atoms with Crippen LogP contribution >= 0.6 is 0 Å². The van der Waals surface area contributed by atoms with Crippen LogP contribution in [-0.4, -0.2) is 18.7 Å². The summed E-state index contributed by atoms with van der Waals surface area (Å²) in [6.45, 7) is 4.19. The molecule has 1 rings (SSSR count). The molecule has 4 heteroatoms. The Morgan fingerprint density at radius 3 is 2.67 bits per heavy atom. The fourth-order valence-electron chi connectivity index (χ4n) is 0.907. The highest BCUT2D eigenvalue weighted by Crippen LogP contribution is 2.13. The van der Waals surface area contributed by atoms with Gasteiger partial charge < -0.3 is 14.9 Å². The average molecular weight is 170 g/mol. The number of aromatic nitrogens is 1. The number of hydrogen-bond donors (Lipinski definition) is 1. The predicted octanol–water partition coefficient (Wildman–Crippen LogP) is 0.938. The molecule has 0 saturated carbocycles. The lowest BCUT2D eigenvalue weighted by atomic mass is 10.3. The normalized spacial score (nSPS) is 13.3. The molecule has 12 heavy (non-hydrogen) atoms. The van der Waals surface area contributed by atoms with Crippen LogP contribution in [0.1, 0.15) is 23.4 Å². The van der Waals surface area contributed by atoms with E-state index >= 15 is 0 Å². The van der Waals surface area contributed by atoms with Gasteiger partial charge >= 0.3 is 0 Å². The Hall–Kier alpha value is -0.870. The predicted molar refractivity (Wildman–Crippen MR) is 44.8 cm³/mol. The van der Waals surface area contributed by atoms with Gasteiger partial charge in [-0.2, -0.15) is 0 Å². The van der Waals surface area contributed by atoms with Crippen LogP contribution in [0.5, 0.6) is 0 Å². The van der Waals surface area contributed by atoms with Crippen molar-refractivity contribution in [1.82, 2.24) is 4.98 Å². The lowest BCUT2D eigenvalue weighted by Gasteiger charge is -2.04. The molecule has 4 nitrogen and oxygen atoms in total. The quantitative estimate of drug-likeness (QED) is 0.733. The second-order valence-electron chi connectivity index (χ2n) is 2.76. The molecule has 0 aromatic carbocycles. The first-order valence-electron chi connectivity index (χ1n) is 3.83. The summed E-state index contributed by atoms with van der Waals surface area (Å²) in [5, 5.41) is 0. The Balaban J connectivity index is 2.74. The Kier molecular flexibility index (Phi) is 2.83. The van der Waals surface area contributed by atoms with Gasteiger partial charge in [0.15, 0.2) is 0 Å². The Morgan fingerprint density at radius 1 is 1.58 bits per heavy atom. The summed E-state index contributed by atoms with van der Waals surface area (Å²) in [5.41, 5.74) is 6.59. The lowest BCUT2D eigenvalue weighted by molar-refractivity contribution is 0.170. The van der Waals surface area contributed by atoms with Crippen molar-refractivity contribution in [3.05, 3.63) is 17.3 Å². The summed E-state index contributed by atoms with van der Waals surface area (Å²) in [5.74, 6) is 1.36. The van der Waals surface area contributed by atoms with Crippen LogP contribution in [0.2, 0.25) is 0 Å². The van der Waals surface area contributed by atoms with Gasteiger partial charge in [-0.25, -0.2) is 4.98 Å². The number of hydrogen-bond acceptors (Lipinski definition) is 4. The smallest absolute Gasteiger partial charge is 0.213 e. The van der Waals surface area contributed by atoms with E-state index in [0.717, 1.165) is 11.5 Å². The number of nitrogens with zero attached hydrogens (tertiary/aromatic N) is 1. The SMILES string of the molecule is COCC(N)c1nc(C)c(C)o1. The second-order valence-corrected chi connectivity index (χ2v) is 2.76. The maximum absolute atomic E-state index is 5.71. The van der Waals surface area contributed by atoms with Crippen LogP contribution in [0, 0.1) is 13.8 Å². The van der Waals surface area contributed by atoms with E-state index in [1.807, 2.05) is 13.8 Å². The number of rotatable bonds is 3. The first kappa shape index (κ1) is 9.22. The van der Waals surface area contributed by atoms with Crippen molar-refractivity contribution in [3.8, 4) is 0 Å². The molecule has 1 aromatic heterocycles. The molecule has 2 N–H and O–H groups in total. The minimum atomic E-state index is -0.262. The van der Waals surface area contributed by atoms with Crippen LogP contribution in [0.15, 0.2) is 4.42 Å². The summed E-state index contributed by atoms with van der Waals surface area (Å²) in [4.78, 5) is 4.16. The lowest BCUT2D eigenvalue weighted by Crippen LogP contribution is -2.16. The zero-order chi connectivity index (χ0) is 9.14. The van der Waals surface area contributed by atoms with E-state index in [-0.39, 0.29) is 6.04 Å². The molecule has 1 aromatic rings. The molecule has 0 saturated heterocycles. The van der Waals surface area contributed by atoms with Crippen LogP contribution in [0.25, 0.3) is 0 Å². The highest BCUT2D eigenvalue weighted by atomic mass is 16.5. The molecule has 1 unspecified atom stereocenters. The largest absolute Gasteiger partial charge is 0.444 e. The van der Waals surface area contributed by atoms with Gasteiger partial charge in [0.05, 0.1) is 12.3 Å². The van der Waals surface area contributed by atoms with Gasteiger partial charge in [0.2, 0.25) is 5.89 Å². The number of aryl methyl sites for hydroxylation is 2. The minimum absolute atomic E-state index is 0.262. The van der Waals surface area contributed by atoms with Crippen LogP contribution in [0.3, 0.4) is 0 Å². The van der Waals surface area contributed by atoms with Crippen LogP contribution in [-0.2, 0) is 4.74 Å². The number of nitrogens with two attached hydrogens (primary N) is 1. The molecule has 0 radical (unpaired) electrons. The van der Waals surface area contributed by atoms with Crippen LogP contribution in [0.4, 0.5) is 0 Å². The maximum atomic E-state index is 5.71. The molecule has 0 amide bonds. The van der Waals surface area contributed by atoms with Crippen molar-refractivity contribution in [1.29, 1.82) is 0 Å². The van der Waals surface area contributed by atoms with E-state index in [0.29, 0.717) is 12.5 Å². The monoisotopic (exact) mass is 170 g/mol. The van der Waals surface area contributed by atoms with Gasteiger partial charge in [-0.15, -0.1) is 0 Å². The maximum Gasteiger partial charge on any atom is 0.213 e. The minimum Gasteiger partial charge on any atom is -0.444 e. The van der Waals surface area contributed by atoms with Crippen LogP contribution < -0.4 is 5.73 Å². The van der Waals surface area contributed by atoms with Crippen molar-refractivity contribution in [2.24, 2.45) is 5.73 Å². The topological polar surface area (TPSA) is 61.3 Å². The van der Waals surface area contributed by atoms with Gasteiger partial charge in [0.1, 0.15) is 11.8 Å². The number of methoxy groups -OCH3 is 1. The molecule has 0 bridgehead atoms. The molecule has 0 aliphatic carbocycles.